The highest BCUT2D eigenvalue weighted by atomic mass is 19.3. The number of carbonyl (C=O) groups excluding carboxylic acids is 1. The zero-order valence-corrected chi connectivity index (χ0v) is 21.6. The van der Waals surface area contributed by atoms with Crippen LogP contribution in [0.1, 0.15) is 36.7 Å². The van der Waals surface area contributed by atoms with Crippen molar-refractivity contribution in [3.8, 4) is 22.8 Å². The first-order chi connectivity index (χ1) is 18.8. The average molecular weight is 535 g/mol. The number of hydrogen-bond acceptors (Lipinski definition) is 7. The molecule has 11 heteroatoms. The van der Waals surface area contributed by atoms with E-state index >= 15 is 0 Å². The van der Waals surface area contributed by atoms with E-state index in [-0.39, 0.29) is 17.6 Å². The number of likely N-dealkylation sites (tertiary alicyclic amines) is 1. The Labute approximate surface area is 223 Å². The molecule has 9 nitrogen and oxygen atoms in total. The molecule has 39 heavy (non-hydrogen) atoms. The van der Waals surface area contributed by atoms with Gasteiger partial charge >= 0.3 is 0 Å². The number of nitrogens with zero attached hydrogens (tertiary/aromatic N) is 5. The van der Waals surface area contributed by atoms with Crippen molar-refractivity contribution < 1.29 is 23.0 Å². The highest BCUT2D eigenvalue weighted by Gasteiger charge is 2.51. The highest BCUT2D eigenvalue weighted by molar-refractivity contribution is 5.82. The number of aromatic nitrogens is 4. The summed E-state index contributed by atoms with van der Waals surface area (Å²) in [6.07, 6.45) is 0.964. The monoisotopic (exact) mass is 534 g/mol. The van der Waals surface area contributed by atoms with Crippen molar-refractivity contribution in [1.29, 1.82) is 0 Å². The smallest absolute Gasteiger partial charge is 0.267 e. The Kier molecular flexibility index (Phi) is 6.28. The summed E-state index contributed by atoms with van der Waals surface area (Å²) in [5, 5.41) is 7.90. The van der Waals surface area contributed by atoms with Crippen LogP contribution in [0.4, 0.5) is 14.7 Å². The Hall–Kier alpha value is -4.28. The van der Waals surface area contributed by atoms with Gasteiger partial charge < -0.3 is 19.7 Å². The Morgan fingerprint density at radius 2 is 1.87 bits per heavy atom. The highest BCUT2D eigenvalue weighted by Crippen LogP contribution is 2.43. The van der Waals surface area contributed by atoms with Gasteiger partial charge in [0.25, 0.3) is 5.92 Å². The van der Waals surface area contributed by atoms with E-state index in [0.29, 0.717) is 35.3 Å². The number of methoxy groups -OCH3 is 2. The molecule has 1 saturated heterocycles. The van der Waals surface area contributed by atoms with Gasteiger partial charge in [-0.15, -0.1) is 5.10 Å². The molecule has 1 aliphatic heterocycles. The predicted molar refractivity (Wildman–Crippen MR) is 140 cm³/mol. The lowest BCUT2D eigenvalue weighted by molar-refractivity contribution is -0.134. The normalized spacial score (nSPS) is 18.4. The maximum atomic E-state index is 14.5. The lowest BCUT2D eigenvalue weighted by Gasteiger charge is -2.21. The Bertz CT molecular complexity index is 1520. The Morgan fingerprint density at radius 1 is 1.08 bits per heavy atom. The molecular formula is C28H28F2N6O3. The third kappa shape index (κ3) is 4.96. The van der Waals surface area contributed by atoms with Crippen LogP contribution in [0, 0.1) is 5.92 Å². The third-order valence-corrected chi connectivity index (χ3v) is 7.12. The molecule has 4 aromatic rings. The molecule has 6 rings (SSSR count). The van der Waals surface area contributed by atoms with Crippen LogP contribution in [0.2, 0.25) is 0 Å². The first-order valence-electron chi connectivity index (χ1n) is 12.8. The van der Waals surface area contributed by atoms with E-state index in [1.165, 1.54) is 9.42 Å². The molecule has 1 saturated carbocycles. The number of ether oxygens (including phenoxy) is 2. The van der Waals surface area contributed by atoms with Gasteiger partial charge in [0.15, 0.2) is 11.5 Å². The molecule has 1 aliphatic carbocycles. The maximum absolute atomic E-state index is 14.5. The molecule has 0 bridgehead atoms. The zero-order valence-electron chi connectivity index (χ0n) is 21.6. The predicted octanol–water partition coefficient (Wildman–Crippen LogP) is 4.74. The lowest BCUT2D eigenvalue weighted by Crippen LogP contribution is -2.34. The summed E-state index contributed by atoms with van der Waals surface area (Å²) in [5.74, 6) is -1.55. The first kappa shape index (κ1) is 25.0. The number of alkyl halides is 2. The molecule has 1 amide bonds. The molecule has 3 heterocycles. The van der Waals surface area contributed by atoms with Crippen LogP contribution in [-0.2, 0) is 11.3 Å². The molecule has 2 aliphatic rings. The van der Waals surface area contributed by atoms with Crippen molar-refractivity contribution in [1.82, 2.24) is 24.5 Å². The minimum Gasteiger partial charge on any atom is -0.497 e. The van der Waals surface area contributed by atoms with E-state index in [4.69, 9.17) is 14.5 Å². The summed E-state index contributed by atoms with van der Waals surface area (Å²) in [6.45, 7) is -0.269. The van der Waals surface area contributed by atoms with Gasteiger partial charge in [0.1, 0.15) is 11.5 Å². The van der Waals surface area contributed by atoms with Gasteiger partial charge in [0, 0.05) is 42.1 Å². The second-order valence-electron chi connectivity index (χ2n) is 9.92. The fourth-order valence-electron chi connectivity index (χ4n) is 4.93. The summed E-state index contributed by atoms with van der Waals surface area (Å²) in [4.78, 5) is 23.5. The molecule has 2 fully saturated rings. The van der Waals surface area contributed by atoms with Crippen LogP contribution < -0.4 is 14.8 Å². The molecule has 1 N–H and O–H groups in total. The van der Waals surface area contributed by atoms with Gasteiger partial charge in [0.2, 0.25) is 11.9 Å². The van der Waals surface area contributed by atoms with Crippen LogP contribution in [0.15, 0.2) is 54.6 Å². The first-order valence-corrected chi connectivity index (χ1v) is 12.8. The van der Waals surface area contributed by atoms with Gasteiger partial charge in [0.05, 0.1) is 32.5 Å². The molecular weight excluding hydrogens is 506 g/mol. The van der Waals surface area contributed by atoms with Crippen LogP contribution in [0.25, 0.3) is 16.9 Å². The van der Waals surface area contributed by atoms with E-state index in [0.717, 1.165) is 24.0 Å². The third-order valence-electron chi connectivity index (χ3n) is 7.12. The molecule has 2 aromatic carbocycles. The van der Waals surface area contributed by atoms with Gasteiger partial charge in [-0.2, -0.15) is 4.52 Å². The number of fused-ring (bicyclic) bond motifs is 1. The second kappa shape index (κ2) is 9.79. The average Bonchev–Trinajstić information content (AvgIpc) is 3.63. The number of rotatable bonds is 8. The number of benzene rings is 2. The van der Waals surface area contributed by atoms with E-state index in [1.807, 2.05) is 42.5 Å². The Morgan fingerprint density at radius 3 is 2.59 bits per heavy atom. The quantitative estimate of drug-likeness (QED) is 0.349. The fourth-order valence-corrected chi connectivity index (χ4v) is 4.93. The summed E-state index contributed by atoms with van der Waals surface area (Å²) < 4.78 is 41.4. The summed E-state index contributed by atoms with van der Waals surface area (Å²) in [5.41, 5.74) is 2.81. The van der Waals surface area contributed by atoms with Crippen molar-refractivity contribution in [2.24, 2.45) is 5.92 Å². The standard InChI is InChI=1S/C28H28F2N6O3/c1-38-20-11-10-19(23(12-20)39-2)15-31-27-32-21(17-6-4-3-5-7-17)13-24-33-25(34-36(24)27)22-14-28(29,30)16-35(22)26(37)18-8-9-18/h3-7,10-13,18,22H,8-9,14-16H2,1-2H3,(H,31,32)/t22-/m0/s1. The molecule has 0 spiro atoms. The van der Waals surface area contributed by atoms with Crippen molar-refractivity contribution in [2.75, 3.05) is 26.1 Å². The summed E-state index contributed by atoms with van der Waals surface area (Å²) >= 11 is 0. The van der Waals surface area contributed by atoms with Crippen LogP contribution in [0.5, 0.6) is 11.5 Å². The Balaban J connectivity index is 1.39. The zero-order chi connectivity index (χ0) is 27.1. The van der Waals surface area contributed by atoms with Crippen molar-refractivity contribution in [3.63, 3.8) is 0 Å². The number of amides is 1. The summed E-state index contributed by atoms with van der Waals surface area (Å²) in [6, 6.07) is 16.0. The molecule has 2 aromatic heterocycles. The topological polar surface area (TPSA) is 93.9 Å². The number of halogens is 2. The molecule has 0 unspecified atom stereocenters. The van der Waals surface area contributed by atoms with E-state index in [9.17, 15) is 13.6 Å². The van der Waals surface area contributed by atoms with E-state index in [1.54, 1.807) is 26.4 Å². The molecule has 202 valence electrons. The van der Waals surface area contributed by atoms with E-state index in [2.05, 4.69) is 15.4 Å². The molecule has 0 radical (unpaired) electrons. The number of carbonyl (C=O) groups is 1. The van der Waals surface area contributed by atoms with Crippen molar-refractivity contribution in [2.45, 2.75) is 37.8 Å². The van der Waals surface area contributed by atoms with Crippen LogP contribution in [0.3, 0.4) is 0 Å². The number of nitrogens with one attached hydrogen (secondary N) is 1. The van der Waals surface area contributed by atoms with E-state index < -0.39 is 24.9 Å². The second-order valence-corrected chi connectivity index (χ2v) is 9.92. The number of anilines is 1. The fraction of sp³-hybridized carbons (Fsp3) is 0.357. The van der Waals surface area contributed by atoms with Gasteiger partial charge in [-0.1, -0.05) is 30.3 Å². The largest absolute Gasteiger partial charge is 0.497 e. The maximum Gasteiger partial charge on any atom is 0.267 e. The molecule has 1 atom stereocenters. The van der Waals surface area contributed by atoms with Crippen LogP contribution >= 0.6 is 0 Å². The van der Waals surface area contributed by atoms with Crippen molar-refractivity contribution in [3.05, 3.63) is 66.0 Å². The SMILES string of the molecule is COc1ccc(CNc2nc(-c3ccccc3)cc3nc([C@@H]4CC(F)(F)CN4C(=O)C4CC4)nn23)c(OC)c1. The van der Waals surface area contributed by atoms with Gasteiger partial charge in [-0.25, -0.2) is 18.7 Å². The minimum atomic E-state index is -2.99. The number of hydrogen-bond donors (Lipinski definition) is 1. The summed E-state index contributed by atoms with van der Waals surface area (Å²) in [7, 11) is 3.17. The van der Waals surface area contributed by atoms with Crippen molar-refractivity contribution >= 4 is 17.5 Å². The minimum absolute atomic E-state index is 0.179. The van der Waals surface area contributed by atoms with Gasteiger partial charge in [-0.05, 0) is 25.0 Å². The van der Waals surface area contributed by atoms with Crippen LogP contribution in [-0.4, -0.2) is 57.1 Å². The van der Waals surface area contributed by atoms with Gasteiger partial charge in [-0.3, -0.25) is 4.79 Å². The lowest BCUT2D eigenvalue weighted by atomic mass is 10.1.